The van der Waals surface area contributed by atoms with Crippen molar-refractivity contribution in [1.29, 1.82) is 0 Å². The lowest BCUT2D eigenvalue weighted by molar-refractivity contribution is 0.792. The highest BCUT2D eigenvalue weighted by molar-refractivity contribution is 5.92. The van der Waals surface area contributed by atoms with Crippen LogP contribution in [0.1, 0.15) is 207 Å². The second kappa shape index (κ2) is 42.0. The highest BCUT2D eigenvalue weighted by Crippen LogP contribution is 2.52. The van der Waals surface area contributed by atoms with Crippen LogP contribution in [0.5, 0.6) is 0 Å². The molecule has 0 N–H and O–H groups in total. The van der Waals surface area contributed by atoms with E-state index >= 15 is 0 Å². The molecule has 17 rings (SSSR count). The van der Waals surface area contributed by atoms with Crippen LogP contribution in [-0.2, 0) is 12.8 Å². The number of hydrogen-bond acceptors (Lipinski definition) is 7. The minimum atomic E-state index is 0.0186. The van der Waals surface area contributed by atoms with Gasteiger partial charge < -0.3 is 34.3 Å². The fraction of sp³-hybridized carbons (Fsp3) is 0.244. The van der Waals surface area contributed by atoms with Crippen LogP contribution in [-0.4, -0.2) is 0 Å². The van der Waals surface area contributed by atoms with Crippen LogP contribution in [0.4, 0.5) is 119 Å². The van der Waals surface area contributed by atoms with E-state index in [1.807, 2.05) is 0 Å². The molecule has 0 saturated carbocycles. The molecule has 0 radical (unpaired) electrons. The Morgan fingerprint density at radius 3 is 0.479 bits per heavy atom. The molecule has 718 valence electrons. The van der Waals surface area contributed by atoms with E-state index < -0.39 is 0 Å². The van der Waals surface area contributed by atoms with Gasteiger partial charge in [0.25, 0.3) is 0 Å². The van der Waals surface area contributed by atoms with E-state index in [-0.39, 0.29) is 5.92 Å². The van der Waals surface area contributed by atoms with E-state index in [0.717, 1.165) is 105 Å². The van der Waals surface area contributed by atoms with Crippen LogP contribution in [0.15, 0.2) is 315 Å². The summed E-state index contributed by atoms with van der Waals surface area (Å²) in [5.41, 5.74) is 60.1. The molecule has 0 aliphatic heterocycles. The van der Waals surface area contributed by atoms with E-state index in [1.54, 1.807) is 0 Å². The highest BCUT2D eigenvalue weighted by Gasteiger charge is 2.31. The van der Waals surface area contributed by atoms with Gasteiger partial charge in [0, 0.05) is 91.2 Å². The maximum absolute atomic E-state index is 2.54. The fourth-order valence-corrected chi connectivity index (χ4v) is 23.3. The zero-order valence-corrected chi connectivity index (χ0v) is 89.0. The first-order valence-corrected chi connectivity index (χ1v) is 51.3. The molecule has 0 aromatic heterocycles. The zero-order chi connectivity index (χ0) is 100. The van der Waals surface area contributed by atoms with E-state index in [9.17, 15) is 0 Å². The number of nitrogens with zero attached hydrogens (tertiary/aromatic N) is 7. The Balaban J connectivity index is 0.766. The van der Waals surface area contributed by atoms with Gasteiger partial charge >= 0.3 is 0 Å². The van der Waals surface area contributed by atoms with Gasteiger partial charge in [-0.2, -0.15) is 0 Å². The van der Waals surface area contributed by atoms with Crippen molar-refractivity contribution in [2.75, 3.05) is 34.3 Å². The third-order valence-corrected chi connectivity index (χ3v) is 28.9. The molecule has 0 bridgehead atoms. The minimum absolute atomic E-state index is 0.0186. The molecular formula is C135H143N7. The van der Waals surface area contributed by atoms with Gasteiger partial charge in [-0.25, -0.2) is 0 Å². The smallest absolute Gasteiger partial charge is 0.0520 e. The summed E-state index contributed by atoms with van der Waals surface area (Å²) in [5.74, 6) is 0.0186. The van der Waals surface area contributed by atoms with Crippen LogP contribution < -0.4 is 34.3 Å². The van der Waals surface area contributed by atoms with Crippen LogP contribution in [0, 0.1) is 166 Å². The van der Waals surface area contributed by atoms with E-state index in [1.165, 1.54) is 215 Å². The summed E-state index contributed by atoms with van der Waals surface area (Å²) in [5, 5.41) is 0. The largest absolute Gasteiger partial charge is 0.311 e. The van der Waals surface area contributed by atoms with E-state index in [4.69, 9.17) is 0 Å². The first kappa shape index (κ1) is 98.9. The predicted molar refractivity (Wildman–Crippen MR) is 614 cm³/mol. The Labute approximate surface area is 849 Å². The Hall–Kier alpha value is -14.7. The van der Waals surface area contributed by atoms with Crippen molar-refractivity contribution < 1.29 is 0 Å². The lowest BCUT2D eigenvalue weighted by atomic mass is 9.76. The molecule has 17 aromatic rings. The van der Waals surface area contributed by atoms with Gasteiger partial charge in [0.2, 0.25) is 0 Å². The summed E-state index contributed by atoms with van der Waals surface area (Å²) >= 11 is 0. The molecule has 0 heterocycles. The quantitative estimate of drug-likeness (QED) is 0.0413. The second-order valence-corrected chi connectivity index (χ2v) is 41.1. The first-order chi connectivity index (χ1) is 68.2. The van der Waals surface area contributed by atoms with Crippen LogP contribution >= 0.6 is 0 Å². The number of benzene rings is 17. The molecule has 0 spiro atoms. The van der Waals surface area contributed by atoms with Gasteiger partial charge in [-0.15, -0.1) is 0 Å². The second-order valence-electron chi connectivity index (χ2n) is 41.1. The van der Waals surface area contributed by atoms with Gasteiger partial charge in [-0.3, -0.25) is 0 Å². The standard InChI is InChI=1S/C135H143N7/c1-27-29-31-109-81-95(13)128(96(14)82-109)129(127-93(11)69-87(5)70-94(127)12)111-37-43-114(44-38-111)138(121-57-67-126(68-58-121)142(134-105(23)79-92(10)80-106(134)24)135-107(25)83-110(32-30-28-2)84-108(135)26)119-53-49-117(50-54-119)136(112-39-33-85(3)34-40-112)115-45-47-116(48-46-115)137(113-41-35-86(4)36-42-113)118-51-55-120(56-52-118)139(122-59-63-124(64-60-122)140(130-97(15)71-88(6)72-98(130)16)131-99(17)73-89(7)74-100(131)18)123-61-65-125(66-62-123)141(132-101(19)75-90(8)76-102(132)20)133-103(21)77-91(9)78-104(133)22/h33-84,129H,27-32H2,1-26H3. The topological polar surface area (TPSA) is 22.7 Å². The maximum Gasteiger partial charge on any atom is 0.0520 e. The van der Waals surface area contributed by atoms with E-state index in [0.29, 0.717) is 0 Å². The number of anilines is 21. The fourth-order valence-electron chi connectivity index (χ4n) is 23.3. The van der Waals surface area contributed by atoms with Crippen LogP contribution in [0.2, 0.25) is 0 Å². The van der Waals surface area contributed by atoms with Crippen molar-refractivity contribution in [3.05, 3.63) is 477 Å². The molecule has 0 aliphatic rings. The maximum atomic E-state index is 2.54. The van der Waals surface area contributed by atoms with Crippen molar-refractivity contribution in [1.82, 2.24) is 0 Å². The Morgan fingerprint density at radius 2 is 0.296 bits per heavy atom. The summed E-state index contributed by atoms with van der Waals surface area (Å²) < 4.78 is 0. The molecule has 17 aromatic carbocycles. The molecule has 7 heteroatoms. The summed E-state index contributed by atoms with van der Waals surface area (Å²) in [6.45, 7) is 58.7. The zero-order valence-electron chi connectivity index (χ0n) is 89.0. The average Bonchev–Trinajstić information content (AvgIpc) is 0.769. The SMILES string of the molecule is CCCCc1cc(C)c(C(c2ccc(N(c3ccc(N(c4ccc(C)cc4)c4ccc(N(c5ccc(C)cc5)c5ccc(N(c6ccc(N(c7c(C)cc(C)cc7C)c7c(C)cc(C)cc7C)cc6)c6ccc(N(c7c(C)cc(C)cc7C)c7c(C)cc(C)cc7C)cc6)cc5)cc4)cc3)c3ccc(N(c4c(C)cc(C)cc4C)c4c(C)cc(CCCC)cc4C)cc3)cc2)c2c(C)cc(C)cc2C)c(C)c1. The lowest BCUT2D eigenvalue weighted by Gasteiger charge is -2.33. The molecule has 7 nitrogen and oxygen atoms in total. The average molecular weight is 1860 g/mol. The van der Waals surface area contributed by atoms with Crippen LogP contribution in [0.3, 0.4) is 0 Å². The van der Waals surface area contributed by atoms with Crippen molar-refractivity contribution in [2.24, 2.45) is 0 Å². The summed E-state index contributed by atoms with van der Waals surface area (Å²) in [6, 6.07) is 121. The molecule has 0 saturated heterocycles. The summed E-state index contributed by atoms with van der Waals surface area (Å²) in [7, 11) is 0. The third-order valence-electron chi connectivity index (χ3n) is 28.9. The number of hydrogen-bond donors (Lipinski definition) is 0. The number of unbranched alkanes of at least 4 members (excludes halogenated alkanes) is 2. The first-order valence-electron chi connectivity index (χ1n) is 51.3. The summed E-state index contributed by atoms with van der Waals surface area (Å²) in [4.78, 5) is 17.2. The Kier molecular flexibility index (Phi) is 29.3. The molecule has 142 heavy (non-hydrogen) atoms. The normalized spacial score (nSPS) is 11.6. The summed E-state index contributed by atoms with van der Waals surface area (Å²) in [6.07, 6.45) is 6.83. The van der Waals surface area contributed by atoms with Gasteiger partial charge in [0.05, 0.1) is 34.1 Å². The van der Waals surface area contributed by atoms with Crippen molar-refractivity contribution in [3.63, 3.8) is 0 Å². The monoisotopic (exact) mass is 1860 g/mol. The van der Waals surface area contributed by atoms with Crippen LogP contribution in [0.25, 0.3) is 0 Å². The van der Waals surface area contributed by atoms with Crippen molar-refractivity contribution in [2.45, 2.75) is 224 Å². The number of aryl methyl sites for hydroxylation is 26. The van der Waals surface area contributed by atoms with Gasteiger partial charge in [-0.05, 0) is 491 Å². The van der Waals surface area contributed by atoms with Gasteiger partial charge in [-0.1, -0.05) is 205 Å². The molecule has 1 unspecified atom stereocenters. The van der Waals surface area contributed by atoms with Crippen molar-refractivity contribution >= 4 is 119 Å². The lowest BCUT2D eigenvalue weighted by Crippen LogP contribution is -2.17. The molecule has 1 atom stereocenters. The van der Waals surface area contributed by atoms with E-state index in [2.05, 4.69) is 530 Å². The van der Waals surface area contributed by atoms with Gasteiger partial charge in [0.15, 0.2) is 0 Å². The highest BCUT2D eigenvalue weighted by atomic mass is 15.2. The molecule has 0 amide bonds. The number of rotatable bonds is 30. The molecular weight excluding hydrogens is 1720 g/mol. The Morgan fingerprint density at radius 1 is 0.155 bits per heavy atom. The molecule has 0 aliphatic carbocycles. The van der Waals surface area contributed by atoms with Crippen molar-refractivity contribution in [3.8, 4) is 0 Å². The Bertz CT molecular complexity index is 6770. The predicted octanol–water partition coefficient (Wildman–Crippen LogP) is 39.2. The molecule has 0 fully saturated rings. The minimum Gasteiger partial charge on any atom is -0.311 e. The third kappa shape index (κ3) is 20.5. The van der Waals surface area contributed by atoms with Gasteiger partial charge in [0.1, 0.15) is 0 Å².